The number of hydrogen-bond donors (Lipinski definition) is 1. The van der Waals surface area contributed by atoms with E-state index < -0.39 is 0 Å². The van der Waals surface area contributed by atoms with Crippen LogP contribution in [0.1, 0.15) is 18.3 Å². The molecule has 27 heavy (non-hydrogen) atoms. The van der Waals surface area contributed by atoms with Crippen LogP contribution in [0, 0.1) is 6.92 Å². The number of aryl methyl sites for hydroxylation is 2. The van der Waals surface area contributed by atoms with Crippen molar-refractivity contribution in [3.05, 3.63) is 40.9 Å². The average molecular weight is 504 g/mol. The van der Waals surface area contributed by atoms with Gasteiger partial charge >= 0.3 is 0 Å². The molecule has 2 heterocycles. The summed E-state index contributed by atoms with van der Waals surface area (Å²) in [6.07, 6.45) is 1.56. The van der Waals surface area contributed by atoms with E-state index in [0.717, 1.165) is 49.5 Å². The summed E-state index contributed by atoms with van der Waals surface area (Å²) in [6.45, 7) is 9.28. The molecule has 3 rings (SSSR count). The Bertz CT molecular complexity index is 769. The fourth-order valence-electron chi connectivity index (χ4n) is 3.12. The van der Waals surface area contributed by atoms with Gasteiger partial charge in [0, 0.05) is 50.5 Å². The van der Waals surface area contributed by atoms with Gasteiger partial charge < -0.3 is 15.1 Å². The number of aromatic nitrogens is 3. The first-order valence-corrected chi connectivity index (χ1v) is 9.33. The summed E-state index contributed by atoms with van der Waals surface area (Å²) < 4.78 is 1.76. The molecule has 0 aliphatic carbocycles. The van der Waals surface area contributed by atoms with Crippen molar-refractivity contribution < 1.29 is 0 Å². The molecule has 1 fully saturated rings. The summed E-state index contributed by atoms with van der Waals surface area (Å²) in [5, 5.41) is 8.27. The first kappa shape index (κ1) is 21.7. The molecule has 1 aliphatic heterocycles. The number of nitrogens with one attached hydrogen (secondary N) is 1. The molecule has 148 valence electrons. The van der Waals surface area contributed by atoms with Crippen molar-refractivity contribution in [3.63, 3.8) is 0 Å². The molecule has 0 amide bonds. The Balaban J connectivity index is 0.00000261. The molecule has 0 spiro atoms. The Labute approximate surface area is 182 Å². The zero-order chi connectivity index (χ0) is 18.5. The molecule has 2 aromatic rings. The van der Waals surface area contributed by atoms with Crippen LogP contribution < -0.4 is 10.2 Å². The molecule has 0 saturated carbocycles. The highest BCUT2D eigenvalue weighted by molar-refractivity contribution is 14.0. The minimum Gasteiger partial charge on any atom is -0.368 e. The third kappa shape index (κ3) is 5.47. The lowest BCUT2D eigenvalue weighted by Gasteiger charge is -2.38. The molecule has 0 atom stereocenters. The number of anilines is 1. The van der Waals surface area contributed by atoms with Crippen LogP contribution in [0.25, 0.3) is 0 Å². The Hall–Kier alpha value is -1.55. The normalized spacial score (nSPS) is 14.9. The van der Waals surface area contributed by atoms with Crippen molar-refractivity contribution in [2.45, 2.75) is 20.4 Å². The summed E-state index contributed by atoms with van der Waals surface area (Å²) in [4.78, 5) is 13.7. The van der Waals surface area contributed by atoms with Crippen LogP contribution in [-0.2, 0) is 13.6 Å². The lowest BCUT2D eigenvalue weighted by Crippen LogP contribution is -2.52. The van der Waals surface area contributed by atoms with Gasteiger partial charge in [-0.1, -0.05) is 17.7 Å². The lowest BCUT2D eigenvalue weighted by atomic mass is 10.1. The van der Waals surface area contributed by atoms with Gasteiger partial charge in [0.1, 0.15) is 18.7 Å². The summed E-state index contributed by atoms with van der Waals surface area (Å²) in [7, 11) is 1.89. The zero-order valence-electron chi connectivity index (χ0n) is 16.0. The van der Waals surface area contributed by atoms with Crippen LogP contribution >= 0.6 is 35.6 Å². The number of halogens is 2. The second kappa shape index (κ2) is 10.1. The minimum absolute atomic E-state index is 0. The van der Waals surface area contributed by atoms with Gasteiger partial charge in [-0.25, -0.2) is 9.98 Å². The maximum absolute atomic E-state index is 6.18. The minimum atomic E-state index is 0. The van der Waals surface area contributed by atoms with E-state index in [-0.39, 0.29) is 24.0 Å². The zero-order valence-corrected chi connectivity index (χ0v) is 19.1. The van der Waals surface area contributed by atoms with Crippen LogP contribution in [0.2, 0.25) is 5.02 Å². The van der Waals surface area contributed by atoms with Crippen LogP contribution in [0.4, 0.5) is 5.69 Å². The summed E-state index contributed by atoms with van der Waals surface area (Å²) in [5.74, 6) is 1.78. The van der Waals surface area contributed by atoms with Gasteiger partial charge in [-0.2, -0.15) is 5.10 Å². The second-order valence-electron chi connectivity index (χ2n) is 6.37. The number of guanidine groups is 1. The molecule has 0 radical (unpaired) electrons. The van der Waals surface area contributed by atoms with Crippen molar-refractivity contribution in [2.24, 2.45) is 12.0 Å². The monoisotopic (exact) mass is 503 g/mol. The van der Waals surface area contributed by atoms with E-state index in [1.165, 1.54) is 11.3 Å². The van der Waals surface area contributed by atoms with Gasteiger partial charge in [-0.05, 0) is 31.5 Å². The molecular formula is C18H27ClIN7. The SMILES string of the molecule is CCNC(=NCc1ncnn1C)N1CCN(c2cc(Cl)ccc2C)CC1.I. The van der Waals surface area contributed by atoms with Gasteiger partial charge in [0.2, 0.25) is 0 Å². The lowest BCUT2D eigenvalue weighted by molar-refractivity contribution is 0.372. The molecule has 0 bridgehead atoms. The molecule has 0 unspecified atom stereocenters. The van der Waals surface area contributed by atoms with E-state index in [1.807, 2.05) is 13.1 Å². The third-order valence-electron chi connectivity index (χ3n) is 4.60. The molecule has 7 nitrogen and oxygen atoms in total. The average Bonchev–Trinajstić information content (AvgIpc) is 3.06. The number of aliphatic imine (C=N–C) groups is 1. The number of nitrogens with zero attached hydrogens (tertiary/aromatic N) is 6. The Kier molecular flexibility index (Phi) is 8.15. The highest BCUT2D eigenvalue weighted by atomic mass is 127. The van der Waals surface area contributed by atoms with Crippen LogP contribution in [0.15, 0.2) is 29.5 Å². The highest BCUT2D eigenvalue weighted by Crippen LogP contribution is 2.25. The van der Waals surface area contributed by atoms with Gasteiger partial charge in [0.25, 0.3) is 0 Å². The van der Waals surface area contributed by atoms with E-state index in [2.05, 4.69) is 51.2 Å². The number of rotatable bonds is 4. The second-order valence-corrected chi connectivity index (χ2v) is 6.81. The Morgan fingerprint density at radius 3 is 2.63 bits per heavy atom. The molecule has 1 N–H and O–H groups in total. The van der Waals surface area contributed by atoms with E-state index in [4.69, 9.17) is 16.6 Å². The molecule has 9 heteroatoms. The fourth-order valence-corrected chi connectivity index (χ4v) is 3.28. The standard InChI is InChI=1S/C18H26ClN7.HI/c1-4-20-18(21-12-17-22-13-23-24(17)3)26-9-7-25(8-10-26)16-11-15(19)6-5-14(16)2;/h5-6,11,13H,4,7-10,12H2,1-3H3,(H,20,21);1H. The van der Waals surface area contributed by atoms with Crippen molar-refractivity contribution in [2.75, 3.05) is 37.6 Å². The smallest absolute Gasteiger partial charge is 0.194 e. The Morgan fingerprint density at radius 2 is 2.00 bits per heavy atom. The van der Waals surface area contributed by atoms with Gasteiger partial charge in [-0.3, -0.25) is 4.68 Å². The quantitative estimate of drug-likeness (QED) is 0.395. The number of hydrogen-bond acceptors (Lipinski definition) is 4. The predicted molar refractivity (Wildman–Crippen MR) is 121 cm³/mol. The highest BCUT2D eigenvalue weighted by Gasteiger charge is 2.21. The van der Waals surface area contributed by atoms with Crippen molar-refractivity contribution in [3.8, 4) is 0 Å². The van der Waals surface area contributed by atoms with Crippen LogP contribution in [0.3, 0.4) is 0 Å². The number of benzene rings is 1. The van der Waals surface area contributed by atoms with Crippen molar-refractivity contribution >= 4 is 47.2 Å². The van der Waals surface area contributed by atoms with Crippen LogP contribution in [-0.4, -0.2) is 58.3 Å². The number of piperazine rings is 1. The summed E-state index contributed by atoms with van der Waals surface area (Å²) in [6, 6.07) is 6.08. The maximum atomic E-state index is 6.18. The maximum Gasteiger partial charge on any atom is 0.194 e. The third-order valence-corrected chi connectivity index (χ3v) is 4.84. The predicted octanol–water partition coefficient (Wildman–Crippen LogP) is 2.68. The van der Waals surface area contributed by atoms with Crippen molar-refractivity contribution in [1.29, 1.82) is 0 Å². The van der Waals surface area contributed by atoms with E-state index in [0.29, 0.717) is 6.54 Å². The summed E-state index contributed by atoms with van der Waals surface area (Å²) >= 11 is 6.18. The molecule has 1 saturated heterocycles. The summed E-state index contributed by atoms with van der Waals surface area (Å²) in [5.41, 5.74) is 2.48. The van der Waals surface area contributed by atoms with E-state index in [1.54, 1.807) is 11.0 Å². The Morgan fingerprint density at radius 1 is 1.26 bits per heavy atom. The van der Waals surface area contributed by atoms with Crippen LogP contribution in [0.5, 0.6) is 0 Å². The van der Waals surface area contributed by atoms with Gasteiger partial charge in [0.15, 0.2) is 5.96 Å². The first-order chi connectivity index (χ1) is 12.6. The largest absolute Gasteiger partial charge is 0.368 e. The van der Waals surface area contributed by atoms with Gasteiger partial charge in [0.05, 0.1) is 0 Å². The molecular weight excluding hydrogens is 477 g/mol. The van der Waals surface area contributed by atoms with E-state index >= 15 is 0 Å². The topological polar surface area (TPSA) is 61.6 Å². The van der Waals surface area contributed by atoms with Crippen molar-refractivity contribution in [1.82, 2.24) is 25.0 Å². The van der Waals surface area contributed by atoms with E-state index in [9.17, 15) is 0 Å². The molecule has 1 aromatic heterocycles. The molecule has 1 aliphatic rings. The fraction of sp³-hybridized carbons (Fsp3) is 0.500. The van der Waals surface area contributed by atoms with Gasteiger partial charge in [-0.15, -0.1) is 24.0 Å². The molecule has 1 aromatic carbocycles. The first-order valence-electron chi connectivity index (χ1n) is 8.95.